The number of pyridine rings is 1. The summed E-state index contributed by atoms with van der Waals surface area (Å²) in [6.07, 6.45) is -2.27. The second-order valence-electron chi connectivity index (χ2n) is 20.9. The van der Waals surface area contributed by atoms with Crippen LogP contribution in [-0.2, 0) is 23.9 Å². The molecule has 3 aliphatic rings. The number of halogens is 2. The van der Waals surface area contributed by atoms with Crippen LogP contribution in [0.2, 0.25) is 5.02 Å². The van der Waals surface area contributed by atoms with Gasteiger partial charge in [0.1, 0.15) is 48.8 Å². The summed E-state index contributed by atoms with van der Waals surface area (Å²) in [6.45, 7) is 20.6. The van der Waals surface area contributed by atoms with E-state index in [1.54, 1.807) is 62.0 Å². The number of esters is 1. The van der Waals surface area contributed by atoms with Gasteiger partial charge in [0.2, 0.25) is 5.91 Å². The number of alkyl halides is 1. The van der Waals surface area contributed by atoms with Gasteiger partial charge >= 0.3 is 5.97 Å². The number of nitriles is 1. The maximum Gasteiger partial charge on any atom is 0.332 e. The maximum absolute atomic E-state index is 15.0. The number of carbonyl (C=O) groups is 3. The summed E-state index contributed by atoms with van der Waals surface area (Å²) in [5.41, 5.74) is 4.13. The fourth-order valence-electron chi connectivity index (χ4n) is 10.3. The van der Waals surface area contributed by atoms with Crippen LogP contribution in [0.3, 0.4) is 0 Å². The van der Waals surface area contributed by atoms with Crippen molar-refractivity contribution in [3.8, 4) is 22.3 Å². The minimum absolute atomic E-state index is 0.0907. The molecule has 1 aliphatic carbocycles. The van der Waals surface area contributed by atoms with E-state index in [0.717, 1.165) is 53.7 Å². The number of hydrogen-bond donors (Lipinski definition) is 3. The summed E-state index contributed by atoms with van der Waals surface area (Å²) in [4.78, 5) is 56.5. The summed E-state index contributed by atoms with van der Waals surface area (Å²) >= 11 is 7.82. The van der Waals surface area contributed by atoms with Crippen molar-refractivity contribution in [3.05, 3.63) is 93.7 Å². The van der Waals surface area contributed by atoms with Crippen molar-refractivity contribution in [1.29, 1.82) is 5.26 Å². The molecule has 70 heavy (non-hydrogen) atoms. The van der Waals surface area contributed by atoms with Gasteiger partial charge in [0, 0.05) is 79.3 Å². The first-order valence-corrected chi connectivity index (χ1v) is 25.1. The Hall–Kier alpha value is -5.22. The lowest BCUT2D eigenvalue weighted by molar-refractivity contribution is -0.179. The van der Waals surface area contributed by atoms with Crippen LogP contribution < -0.4 is 20.3 Å². The van der Waals surface area contributed by atoms with Crippen LogP contribution in [0.1, 0.15) is 96.5 Å². The van der Waals surface area contributed by atoms with Crippen LogP contribution in [0, 0.1) is 34.5 Å². The van der Waals surface area contributed by atoms with E-state index >= 15 is 0 Å². The zero-order valence-corrected chi connectivity index (χ0v) is 43.1. The van der Waals surface area contributed by atoms with E-state index in [1.807, 2.05) is 50.2 Å². The number of aliphatic hydroxyl groups is 1. The van der Waals surface area contributed by atoms with Gasteiger partial charge in [-0.05, 0) is 49.2 Å². The summed E-state index contributed by atoms with van der Waals surface area (Å²) < 4.78 is 32.8. The van der Waals surface area contributed by atoms with E-state index in [1.165, 1.54) is 4.90 Å². The predicted molar refractivity (Wildman–Crippen MR) is 267 cm³/mol. The van der Waals surface area contributed by atoms with Crippen molar-refractivity contribution in [1.82, 2.24) is 30.4 Å². The lowest BCUT2D eigenvalue weighted by Crippen LogP contribution is -2.74. The van der Waals surface area contributed by atoms with Crippen LogP contribution in [0.5, 0.6) is 5.75 Å². The van der Waals surface area contributed by atoms with Crippen LogP contribution in [0.15, 0.2) is 66.3 Å². The first-order chi connectivity index (χ1) is 33.1. The Kier molecular flexibility index (Phi) is 16.3. The topological polar surface area (TPSA) is 182 Å². The number of anilines is 1. The summed E-state index contributed by atoms with van der Waals surface area (Å²) in [5.74, 6) is -0.427. The third-order valence-electron chi connectivity index (χ3n) is 13.9. The van der Waals surface area contributed by atoms with E-state index < -0.39 is 53.8 Å². The minimum Gasteiger partial charge on any atom is -0.489 e. The van der Waals surface area contributed by atoms with E-state index in [4.69, 9.17) is 30.8 Å². The number of aliphatic hydroxyl groups excluding tert-OH is 1. The highest BCUT2D eigenvalue weighted by Gasteiger charge is 2.64. The van der Waals surface area contributed by atoms with Gasteiger partial charge in [0.05, 0.1) is 45.9 Å². The highest BCUT2D eigenvalue weighted by molar-refractivity contribution is 7.13. The third kappa shape index (κ3) is 11.8. The van der Waals surface area contributed by atoms with Crippen molar-refractivity contribution < 1.29 is 38.1 Å². The molecule has 3 fully saturated rings. The molecular weight excluding hydrogens is 935 g/mol. The van der Waals surface area contributed by atoms with Gasteiger partial charge in [-0.25, -0.2) is 19.2 Å². The Morgan fingerprint density at radius 1 is 1.01 bits per heavy atom. The number of ether oxygens (including phenoxy) is 3. The highest BCUT2D eigenvalue weighted by Crippen LogP contribution is 2.56. The van der Waals surface area contributed by atoms with Gasteiger partial charge in [-0.1, -0.05) is 84.3 Å². The average Bonchev–Trinajstić information content (AvgIpc) is 3.95. The first kappa shape index (κ1) is 52.6. The van der Waals surface area contributed by atoms with Crippen molar-refractivity contribution in [3.63, 3.8) is 0 Å². The average molecular weight is 1000 g/mol. The van der Waals surface area contributed by atoms with Crippen molar-refractivity contribution in [2.45, 2.75) is 111 Å². The van der Waals surface area contributed by atoms with Crippen LogP contribution in [0.4, 0.5) is 10.2 Å². The summed E-state index contributed by atoms with van der Waals surface area (Å²) in [5, 5.41) is 27.2. The second kappa shape index (κ2) is 21.6. The number of hydrogen-bond acceptors (Lipinski definition) is 14. The molecule has 15 nitrogen and oxygen atoms in total. The van der Waals surface area contributed by atoms with Crippen LogP contribution in [0.25, 0.3) is 10.4 Å². The molecule has 5 atom stereocenters. The second-order valence-corrected chi connectivity index (χ2v) is 22.2. The molecule has 18 heteroatoms. The molecule has 1 saturated carbocycles. The standard InChI is InChI=1S/C52H66ClFN8O7S/c1-31(33-10-12-34(13-11-33)43-32(2)57-30-70-43)58-46(65)40-24-37(54)28-62(40)47(66)44(50(3,4)5)69-42(63)29-67-23-22-60-18-20-61(21-19-60)41-17-15-36(27-56-41)45(64)59-48-51(6,7)49(52(48,8)9)68-38-16-14-35(26-55)39(53)25-38/h10-17,25,27,30-31,37,40,44-45,48-49,59,64H,18-24,28-29H2,1-9H3,(H,58,65)/t31-,37-,40-,44+,45?,48?,49?/m0/s1. The number of rotatable bonds is 17. The molecule has 2 aliphatic heterocycles. The lowest BCUT2D eigenvalue weighted by atomic mass is 9.49. The Labute approximate surface area is 419 Å². The Morgan fingerprint density at radius 3 is 2.30 bits per heavy atom. The third-order valence-corrected chi connectivity index (χ3v) is 15.2. The SMILES string of the molecule is Cc1ncsc1-c1ccc([C@H](C)NC(=O)[C@@H]2C[C@H](F)CN2C(=O)[C@@H](OC(=O)COCCN2CCN(c3ccc(C(O)NC4C(C)(C)C(Oc5ccc(C#N)c(Cl)c5)C4(C)C)cn3)CC2)C(C)(C)C)cc1. The van der Waals surface area contributed by atoms with Gasteiger partial charge in [-0.3, -0.25) is 19.8 Å². The van der Waals surface area contributed by atoms with Crippen molar-refractivity contribution in [2.24, 2.45) is 16.2 Å². The van der Waals surface area contributed by atoms with Gasteiger partial charge < -0.3 is 34.4 Å². The van der Waals surface area contributed by atoms with Gasteiger partial charge in [0.15, 0.2) is 6.10 Å². The number of nitrogens with one attached hydrogen (secondary N) is 2. The van der Waals surface area contributed by atoms with E-state index in [2.05, 4.69) is 59.2 Å². The normalized spacial score (nSPS) is 22.3. The number of aryl methyl sites for hydroxylation is 1. The van der Waals surface area contributed by atoms with Crippen LogP contribution in [-0.4, -0.2) is 126 Å². The molecule has 2 saturated heterocycles. The maximum atomic E-state index is 15.0. The highest BCUT2D eigenvalue weighted by atomic mass is 35.5. The number of thiazole rings is 1. The van der Waals surface area contributed by atoms with Gasteiger partial charge in [0.25, 0.3) is 5.91 Å². The van der Waals surface area contributed by atoms with Gasteiger partial charge in [-0.15, -0.1) is 11.3 Å². The lowest BCUT2D eigenvalue weighted by Gasteiger charge is -2.63. The zero-order valence-electron chi connectivity index (χ0n) is 41.5. The largest absolute Gasteiger partial charge is 0.489 e. The smallest absolute Gasteiger partial charge is 0.332 e. The molecule has 376 valence electrons. The number of piperazine rings is 1. The number of amides is 2. The molecule has 4 aromatic rings. The number of likely N-dealkylation sites (tertiary alicyclic amines) is 1. The van der Waals surface area contributed by atoms with Gasteiger partial charge in [-0.2, -0.15) is 5.26 Å². The molecule has 2 aromatic heterocycles. The summed E-state index contributed by atoms with van der Waals surface area (Å²) in [7, 11) is 0. The van der Waals surface area contributed by atoms with E-state index in [9.17, 15) is 29.1 Å². The summed E-state index contributed by atoms with van der Waals surface area (Å²) in [6, 6.07) is 17.2. The predicted octanol–water partition coefficient (Wildman–Crippen LogP) is 7.41. The Balaban J connectivity index is 0.830. The molecule has 2 aromatic carbocycles. The number of aromatic nitrogens is 2. The molecule has 0 spiro atoms. The molecule has 0 radical (unpaired) electrons. The molecule has 3 N–H and O–H groups in total. The Bertz CT molecular complexity index is 2510. The minimum atomic E-state index is -1.41. The quantitative estimate of drug-likeness (QED) is 0.0541. The van der Waals surface area contributed by atoms with Crippen molar-refractivity contribution >= 4 is 46.5 Å². The molecule has 0 bridgehead atoms. The fourth-order valence-corrected chi connectivity index (χ4v) is 11.3. The molecule has 2 amide bonds. The molecular formula is C52H66ClFN8O7S. The first-order valence-electron chi connectivity index (χ1n) is 23.8. The molecule has 7 rings (SSSR count). The van der Waals surface area contributed by atoms with E-state index in [0.29, 0.717) is 28.4 Å². The molecule has 4 heterocycles. The zero-order chi connectivity index (χ0) is 50.7. The number of carbonyl (C=O) groups excluding carboxylic acids is 3. The number of benzene rings is 2. The Morgan fingerprint density at radius 2 is 1.70 bits per heavy atom. The van der Waals surface area contributed by atoms with Crippen LogP contribution >= 0.6 is 22.9 Å². The van der Waals surface area contributed by atoms with Crippen molar-refractivity contribution in [2.75, 3.05) is 57.4 Å². The number of nitrogens with zero attached hydrogens (tertiary/aromatic N) is 6. The van der Waals surface area contributed by atoms with E-state index in [-0.39, 0.29) is 49.2 Å². The molecule has 1 unspecified atom stereocenters. The monoisotopic (exact) mass is 1000 g/mol. The fraction of sp³-hybridized carbons (Fsp3) is 0.538.